The predicted molar refractivity (Wildman–Crippen MR) is 57.2 cm³/mol. The Bertz CT molecular complexity index is 254. The van der Waals surface area contributed by atoms with Gasteiger partial charge in [0.25, 0.3) is 0 Å². The average molecular weight is 180 g/mol. The lowest BCUT2D eigenvalue weighted by molar-refractivity contribution is 0.713. The van der Waals surface area contributed by atoms with Crippen LogP contribution in [0.2, 0.25) is 0 Å². The van der Waals surface area contributed by atoms with E-state index in [1.807, 2.05) is 19.1 Å². The summed E-state index contributed by atoms with van der Waals surface area (Å²) in [4.78, 5) is 0. The van der Waals surface area contributed by atoms with Gasteiger partial charge in [0.2, 0.25) is 0 Å². The van der Waals surface area contributed by atoms with E-state index in [1.165, 1.54) is 0 Å². The van der Waals surface area contributed by atoms with Gasteiger partial charge in [0.15, 0.2) is 0 Å². The normalized spacial score (nSPS) is 13.8. The van der Waals surface area contributed by atoms with E-state index in [9.17, 15) is 4.39 Å². The van der Waals surface area contributed by atoms with Crippen LogP contribution in [0.15, 0.2) is 47.9 Å². The smallest absolute Gasteiger partial charge is 0.0896 e. The minimum Gasteiger partial charge on any atom is -0.215 e. The first-order valence-corrected chi connectivity index (χ1v) is 4.42. The first-order chi connectivity index (χ1) is 6.11. The van der Waals surface area contributed by atoms with Crippen molar-refractivity contribution in [1.29, 1.82) is 0 Å². The van der Waals surface area contributed by atoms with Gasteiger partial charge in [-0.25, -0.2) is 4.39 Å². The monoisotopic (exact) mass is 180 g/mol. The molecule has 1 heteroatoms. The summed E-state index contributed by atoms with van der Waals surface area (Å²) in [5, 5.41) is 0. The second kappa shape index (κ2) is 6.41. The molecule has 0 radical (unpaired) electrons. The molecule has 0 nitrogen and oxygen atoms in total. The van der Waals surface area contributed by atoms with Crippen LogP contribution in [0.25, 0.3) is 0 Å². The van der Waals surface area contributed by atoms with Gasteiger partial charge in [-0.05, 0) is 31.4 Å². The maximum Gasteiger partial charge on any atom is 0.0896 e. The van der Waals surface area contributed by atoms with E-state index in [0.29, 0.717) is 11.9 Å². The second-order valence-electron chi connectivity index (χ2n) is 3.02. The van der Waals surface area contributed by atoms with Gasteiger partial charge in [0.1, 0.15) is 0 Å². The first-order valence-electron chi connectivity index (χ1n) is 4.42. The number of halogens is 1. The highest BCUT2D eigenvalue weighted by molar-refractivity contribution is 5.31. The van der Waals surface area contributed by atoms with E-state index >= 15 is 0 Å². The Morgan fingerprint density at radius 2 is 2.00 bits per heavy atom. The number of hydrogen-bond acceptors (Lipinski definition) is 0. The van der Waals surface area contributed by atoms with Crippen molar-refractivity contribution in [3.8, 4) is 0 Å². The molecule has 0 saturated carbocycles. The van der Waals surface area contributed by atoms with Gasteiger partial charge >= 0.3 is 0 Å². The van der Waals surface area contributed by atoms with E-state index < -0.39 is 0 Å². The molecular formula is C12H17F. The standard InChI is InChI=1S/C12H17F/c1-5-11(3)12(4)8-6-7-10(2)9-13/h6-9H,3,5H2,1-2,4H3/b7-6-,10-9+,12-8+. The number of hydrogen-bond donors (Lipinski definition) is 0. The summed E-state index contributed by atoms with van der Waals surface area (Å²) < 4.78 is 11.9. The van der Waals surface area contributed by atoms with Crippen molar-refractivity contribution in [2.75, 3.05) is 0 Å². The molecule has 0 aromatic carbocycles. The summed E-state index contributed by atoms with van der Waals surface area (Å²) in [5.74, 6) is 0. The molecule has 0 aliphatic carbocycles. The molecule has 0 amide bonds. The van der Waals surface area contributed by atoms with Crippen LogP contribution in [0.5, 0.6) is 0 Å². The molecule has 0 aliphatic heterocycles. The van der Waals surface area contributed by atoms with Crippen LogP contribution in [-0.2, 0) is 0 Å². The van der Waals surface area contributed by atoms with Gasteiger partial charge < -0.3 is 0 Å². The molecule has 0 fully saturated rings. The largest absolute Gasteiger partial charge is 0.215 e. The Hall–Kier alpha value is -1.11. The summed E-state index contributed by atoms with van der Waals surface area (Å²) in [7, 11) is 0. The zero-order chi connectivity index (χ0) is 10.3. The Morgan fingerprint density at radius 3 is 2.46 bits per heavy atom. The Kier molecular flexibility index (Phi) is 5.86. The summed E-state index contributed by atoms with van der Waals surface area (Å²) in [6, 6.07) is 0. The van der Waals surface area contributed by atoms with E-state index in [4.69, 9.17) is 0 Å². The van der Waals surface area contributed by atoms with Crippen molar-refractivity contribution < 1.29 is 4.39 Å². The number of rotatable bonds is 4. The molecule has 0 saturated heterocycles. The molecule has 72 valence electrons. The van der Waals surface area contributed by atoms with E-state index in [0.717, 1.165) is 17.6 Å². The molecule has 0 rings (SSSR count). The van der Waals surface area contributed by atoms with Crippen LogP contribution in [-0.4, -0.2) is 0 Å². The molecule has 0 N–H and O–H groups in total. The first kappa shape index (κ1) is 11.9. The molecule has 0 atom stereocenters. The van der Waals surface area contributed by atoms with Crippen molar-refractivity contribution in [3.63, 3.8) is 0 Å². The van der Waals surface area contributed by atoms with Gasteiger partial charge in [-0.1, -0.05) is 37.3 Å². The topological polar surface area (TPSA) is 0 Å². The van der Waals surface area contributed by atoms with Gasteiger partial charge in [-0.2, -0.15) is 0 Å². The van der Waals surface area contributed by atoms with Crippen LogP contribution in [0.4, 0.5) is 4.39 Å². The third kappa shape index (κ3) is 5.18. The molecule has 0 aliphatic rings. The molecule has 13 heavy (non-hydrogen) atoms. The minimum absolute atomic E-state index is 0.592. The van der Waals surface area contributed by atoms with E-state index in [2.05, 4.69) is 13.5 Å². The SMILES string of the molecule is C=C(CC)/C(C)=C/C=C\C(C)=C\F. The zero-order valence-electron chi connectivity index (χ0n) is 8.60. The van der Waals surface area contributed by atoms with Crippen molar-refractivity contribution in [1.82, 2.24) is 0 Å². The molecule has 0 unspecified atom stereocenters. The quantitative estimate of drug-likeness (QED) is 0.565. The molecule has 0 aromatic rings. The minimum atomic E-state index is 0.592. The third-order valence-electron chi connectivity index (χ3n) is 1.86. The van der Waals surface area contributed by atoms with E-state index in [1.54, 1.807) is 13.0 Å². The van der Waals surface area contributed by atoms with Crippen LogP contribution < -0.4 is 0 Å². The van der Waals surface area contributed by atoms with Crippen molar-refractivity contribution >= 4 is 0 Å². The predicted octanol–water partition coefficient (Wildman–Crippen LogP) is 4.33. The summed E-state index contributed by atoms with van der Waals surface area (Å²) >= 11 is 0. The van der Waals surface area contributed by atoms with Gasteiger partial charge in [0, 0.05) is 0 Å². The molecule has 0 bridgehead atoms. The zero-order valence-corrected chi connectivity index (χ0v) is 8.60. The van der Waals surface area contributed by atoms with Crippen LogP contribution in [0.1, 0.15) is 27.2 Å². The van der Waals surface area contributed by atoms with Crippen molar-refractivity contribution in [2.24, 2.45) is 0 Å². The highest BCUT2D eigenvalue weighted by Crippen LogP contribution is 2.10. The van der Waals surface area contributed by atoms with Crippen LogP contribution >= 0.6 is 0 Å². The fraction of sp³-hybridized carbons (Fsp3) is 0.333. The van der Waals surface area contributed by atoms with Gasteiger partial charge in [-0.15, -0.1) is 0 Å². The number of allylic oxidation sites excluding steroid dienone is 6. The Labute approximate surface area is 80.2 Å². The molecule has 0 heterocycles. The van der Waals surface area contributed by atoms with Crippen molar-refractivity contribution in [2.45, 2.75) is 27.2 Å². The Balaban J connectivity index is 4.27. The molecular weight excluding hydrogens is 163 g/mol. The van der Waals surface area contributed by atoms with Crippen LogP contribution in [0, 0.1) is 0 Å². The van der Waals surface area contributed by atoms with Crippen LogP contribution in [0.3, 0.4) is 0 Å². The Morgan fingerprint density at radius 1 is 1.38 bits per heavy atom. The van der Waals surface area contributed by atoms with E-state index in [-0.39, 0.29) is 0 Å². The second-order valence-corrected chi connectivity index (χ2v) is 3.02. The molecule has 0 spiro atoms. The van der Waals surface area contributed by atoms with Gasteiger partial charge in [-0.3, -0.25) is 0 Å². The summed E-state index contributed by atoms with van der Waals surface area (Å²) in [6.45, 7) is 9.69. The highest BCUT2D eigenvalue weighted by atomic mass is 19.1. The lowest BCUT2D eigenvalue weighted by Gasteiger charge is -1.99. The summed E-state index contributed by atoms with van der Waals surface area (Å²) in [6.07, 6.45) is 7.05. The third-order valence-corrected chi connectivity index (χ3v) is 1.86. The lowest BCUT2D eigenvalue weighted by atomic mass is 10.1. The highest BCUT2D eigenvalue weighted by Gasteiger charge is 1.90. The lowest BCUT2D eigenvalue weighted by Crippen LogP contribution is -1.79. The average Bonchev–Trinajstić information content (AvgIpc) is 2.15. The fourth-order valence-electron chi connectivity index (χ4n) is 0.777. The maximum absolute atomic E-state index is 11.9. The van der Waals surface area contributed by atoms with Crippen molar-refractivity contribution in [3.05, 3.63) is 47.9 Å². The maximum atomic E-state index is 11.9. The van der Waals surface area contributed by atoms with Gasteiger partial charge in [0.05, 0.1) is 6.33 Å². The molecule has 0 aromatic heterocycles. The fourth-order valence-corrected chi connectivity index (χ4v) is 0.777. The summed E-state index contributed by atoms with van der Waals surface area (Å²) in [5.41, 5.74) is 2.88.